The van der Waals surface area contributed by atoms with Crippen molar-refractivity contribution in [3.8, 4) is 22.4 Å². The maximum absolute atomic E-state index is 6.56. The molecule has 2 saturated heterocycles. The number of fused-ring (bicyclic) bond motifs is 2. The van der Waals surface area contributed by atoms with Gasteiger partial charge >= 0.3 is 7.12 Å². The van der Waals surface area contributed by atoms with Gasteiger partial charge in [0.2, 0.25) is 0 Å². The van der Waals surface area contributed by atoms with Gasteiger partial charge < -0.3 is 18.8 Å². The molecule has 6 aromatic rings. The van der Waals surface area contributed by atoms with E-state index >= 15 is 0 Å². The second kappa shape index (κ2) is 13.2. The van der Waals surface area contributed by atoms with Gasteiger partial charge in [-0.2, -0.15) is 14.7 Å². The van der Waals surface area contributed by atoms with E-state index in [9.17, 15) is 0 Å². The van der Waals surface area contributed by atoms with Crippen LogP contribution in [0.15, 0.2) is 73.2 Å². The van der Waals surface area contributed by atoms with Crippen molar-refractivity contribution in [3.05, 3.63) is 90.1 Å². The number of aromatic nitrogens is 7. The first-order chi connectivity index (χ1) is 24.5. The van der Waals surface area contributed by atoms with Crippen LogP contribution in [-0.4, -0.2) is 72.4 Å². The summed E-state index contributed by atoms with van der Waals surface area (Å²) >= 11 is 0. The van der Waals surface area contributed by atoms with Crippen LogP contribution in [0, 0.1) is 0 Å². The summed E-state index contributed by atoms with van der Waals surface area (Å²) in [4.78, 5) is 4.71. The van der Waals surface area contributed by atoms with E-state index in [1.807, 2.05) is 42.3 Å². The first kappa shape index (κ1) is 33.6. The average Bonchev–Trinajstić information content (AvgIpc) is 3.82. The quantitative estimate of drug-likeness (QED) is 0.163. The molecule has 2 unspecified atom stereocenters. The fourth-order valence-electron chi connectivity index (χ4n) is 6.84. The SMILES string of the molecule is CC(c1ccc2ncc(-c3cnn(C)c3)cc2c1)c1nnc2ccc(-c3ccc(CCOC4CCCCO4)c(B4OC(C)(C)C(C)(C)O4)c3)nn12. The monoisotopic (exact) mass is 685 g/mol. The van der Waals surface area contributed by atoms with Crippen LogP contribution < -0.4 is 5.46 Å². The molecule has 0 bridgehead atoms. The van der Waals surface area contributed by atoms with E-state index in [1.165, 1.54) is 0 Å². The van der Waals surface area contributed by atoms with Gasteiger partial charge in [0.1, 0.15) is 0 Å². The Kier molecular flexibility index (Phi) is 8.74. The molecule has 8 rings (SSSR count). The van der Waals surface area contributed by atoms with Crippen molar-refractivity contribution in [2.45, 2.75) is 83.7 Å². The lowest BCUT2D eigenvalue weighted by Gasteiger charge is -2.32. The molecule has 2 aromatic carbocycles. The molecule has 0 saturated carbocycles. The molecule has 0 aliphatic carbocycles. The van der Waals surface area contributed by atoms with Crippen molar-refractivity contribution >= 4 is 29.1 Å². The lowest BCUT2D eigenvalue weighted by Crippen LogP contribution is -2.41. The minimum atomic E-state index is -0.522. The number of aryl methyl sites for hydroxylation is 1. The van der Waals surface area contributed by atoms with Gasteiger partial charge in [0, 0.05) is 54.0 Å². The Hall–Kier alpha value is -4.49. The Morgan fingerprint density at radius 3 is 2.53 bits per heavy atom. The summed E-state index contributed by atoms with van der Waals surface area (Å²) in [6.07, 6.45) is 9.49. The number of nitrogens with zero attached hydrogens (tertiary/aromatic N) is 7. The highest BCUT2D eigenvalue weighted by Crippen LogP contribution is 2.37. The zero-order chi connectivity index (χ0) is 35.3. The van der Waals surface area contributed by atoms with Gasteiger partial charge in [-0.25, -0.2) is 0 Å². The maximum atomic E-state index is 6.56. The number of hydrogen-bond donors (Lipinski definition) is 0. The van der Waals surface area contributed by atoms with Gasteiger partial charge in [-0.3, -0.25) is 9.67 Å². The molecule has 51 heavy (non-hydrogen) atoms. The molecule has 2 aliphatic heterocycles. The maximum Gasteiger partial charge on any atom is 0.495 e. The van der Waals surface area contributed by atoms with Crippen LogP contribution in [0.5, 0.6) is 0 Å². The molecule has 0 N–H and O–H groups in total. The third-order valence-electron chi connectivity index (χ3n) is 10.7. The van der Waals surface area contributed by atoms with E-state index in [-0.39, 0.29) is 12.2 Å². The van der Waals surface area contributed by atoms with E-state index in [2.05, 4.69) is 92.4 Å². The topological polar surface area (TPSA) is 111 Å². The van der Waals surface area contributed by atoms with Crippen LogP contribution >= 0.6 is 0 Å². The predicted molar refractivity (Wildman–Crippen MR) is 197 cm³/mol. The van der Waals surface area contributed by atoms with Gasteiger partial charge in [0.05, 0.1) is 35.2 Å². The second-order valence-corrected chi connectivity index (χ2v) is 14.8. The number of ether oxygens (including phenoxy) is 2. The third-order valence-corrected chi connectivity index (χ3v) is 10.7. The van der Waals surface area contributed by atoms with E-state index in [4.69, 9.17) is 28.9 Å². The minimum absolute atomic E-state index is 0.0787. The summed E-state index contributed by atoms with van der Waals surface area (Å²) in [7, 11) is 1.39. The van der Waals surface area contributed by atoms with Crippen molar-refractivity contribution in [1.82, 2.24) is 34.6 Å². The summed E-state index contributed by atoms with van der Waals surface area (Å²) in [5.41, 5.74) is 7.68. The number of rotatable bonds is 9. The van der Waals surface area contributed by atoms with Gasteiger partial charge in [0.15, 0.2) is 17.8 Å². The Labute approximate surface area is 298 Å². The highest BCUT2D eigenvalue weighted by atomic mass is 16.7. The molecule has 0 amide bonds. The molecule has 2 atom stereocenters. The fraction of sp³-hybridized carbons (Fsp3) is 0.410. The molecule has 0 spiro atoms. The number of benzene rings is 2. The molecule has 0 radical (unpaired) electrons. The van der Waals surface area contributed by atoms with Crippen LogP contribution in [0.3, 0.4) is 0 Å². The van der Waals surface area contributed by atoms with Crippen LogP contribution in [0.1, 0.15) is 76.8 Å². The highest BCUT2D eigenvalue weighted by Gasteiger charge is 2.52. The molecule has 262 valence electrons. The van der Waals surface area contributed by atoms with Gasteiger partial charge in [-0.05, 0) is 100 Å². The first-order valence-corrected chi connectivity index (χ1v) is 17.9. The Morgan fingerprint density at radius 2 is 1.76 bits per heavy atom. The Bertz CT molecular complexity index is 2190. The summed E-state index contributed by atoms with van der Waals surface area (Å²) < 4.78 is 28.7. The van der Waals surface area contributed by atoms with Crippen molar-refractivity contribution in [1.29, 1.82) is 0 Å². The number of hydrogen-bond acceptors (Lipinski definition) is 9. The van der Waals surface area contributed by atoms with Gasteiger partial charge in [-0.1, -0.05) is 31.2 Å². The molecule has 2 aliphatic rings. The fourth-order valence-corrected chi connectivity index (χ4v) is 6.84. The van der Waals surface area contributed by atoms with Crippen LogP contribution in [0.4, 0.5) is 0 Å². The van der Waals surface area contributed by atoms with Crippen molar-refractivity contribution in [2.24, 2.45) is 7.05 Å². The molecule has 2 fully saturated rings. The smallest absolute Gasteiger partial charge is 0.399 e. The highest BCUT2D eigenvalue weighted by molar-refractivity contribution is 6.62. The molecule has 11 nitrogen and oxygen atoms in total. The molecular weight excluding hydrogens is 641 g/mol. The minimum Gasteiger partial charge on any atom is -0.399 e. The number of pyridine rings is 1. The average molecular weight is 686 g/mol. The van der Waals surface area contributed by atoms with Gasteiger partial charge in [-0.15, -0.1) is 10.2 Å². The summed E-state index contributed by atoms with van der Waals surface area (Å²) in [5.74, 6) is 0.678. The zero-order valence-corrected chi connectivity index (χ0v) is 30.2. The zero-order valence-electron chi connectivity index (χ0n) is 30.2. The molecular formula is C39H44BN7O4. The molecule has 12 heteroatoms. The lowest BCUT2D eigenvalue weighted by atomic mass is 9.74. The predicted octanol–water partition coefficient (Wildman–Crippen LogP) is 6.28. The van der Waals surface area contributed by atoms with Crippen LogP contribution in [0.25, 0.3) is 38.9 Å². The van der Waals surface area contributed by atoms with Crippen molar-refractivity contribution in [2.75, 3.05) is 13.2 Å². The standard InChI is InChI=1S/C39H44BN7O4/c1-25(27-12-13-33-29(19-27)20-30(22-41-33)31-23-42-46(6)24-31)37-44-43-35-15-14-34(45-47(35)37)28-11-10-26(16-18-49-36-9-7-8-17-48-36)32(21-28)40-50-38(2,3)39(4,5)51-40/h10-15,19-25,36H,7-9,16-18H2,1-6H3. The molecule has 4 aromatic heterocycles. The summed E-state index contributed by atoms with van der Waals surface area (Å²) in [6, 6.07) is 18.9. The Balaban J connectivity index is 1.10. The summed E-state index contributed by atoms with van der Waals surface area (Å²) in [6.45, 7) is 11.8. The van der Waals surface area contributed by atoms with E-state index in [0.717, 1.165) is 81.6 Å². The Morgan fingerprint density at radius 1 is 0.922 bits per heavy atom. The second-order valence-electron chi connectivity index (χ2n) is 14.8. The molecule has 6 heterocycles. The first-order valence-electron chi connectivity index (χ1n) is 17.9. The van der Waals surface area contributed by atoms with Crippen LogP contribution in [0.2, 0.25) is 0 Å². The van der Waals surface area contributed by atoms with Crippen molar-refractivity contribution in [3.63, 3.8) is 0 Å². The lowest BCUT2D eigenvalue weighted by molar-refractivity contribution is -0.161. The van der Waals surface area contributed by atoms with Crippen molar-refractivity contribution < 1.29 is 18.8 Å². The largest absolute Gasteiger partial charge is 0.495 e. The van der Waals surface area contributed by atoms with E-state index < -0.39 is 18.3 Å². The third kappa shape index (κ3) is 6.57. The van der Waals surface area contributed by atoms with Crippen LogP contribution in [-0.2, 0) is 32.3 Å². The van der Waals surface area contributed by atoms with E-state index in [0.29, 0.717) is 18.7 Å². The normalized spacial score (nSPS) is 19.3. The summed E-state index contributed by atoms with van der Waals surface area (Å²) in [5, 5.41) is 19.6. The van der Waals surface area contributed by atoms with Gasteiger partial charge in [0.25, 0.3) is 0 Å². The van der Waals surface area contributed by atoms with E-state index in [1.54, 1.807) is 4.68 Å².